The highest BCUT2D eigenvalue weighted by Gasteiger charge is 2.38. The average molecular weight is 260 g/mol. The molecule has 1 fully saturated rings. The molecule has 0 unspecified atom stereocenters. The van der Waals surface area contributed by atoms with Gasteiger partial charge in [-0.25, -0.2) is 4.79 Å². The molecule has 0 saturated carbocycles. The van der Waals surface area contributed by atoms with E-state index in [4.69, 9.17) is 25.2 Å². The Labute approximate surface area is 96.0 Å². The van der Waals surface area contributed by atoms with Crippen molar-refractivity contribution in [2.75, 3.05) is 33.4 Å². The van der Waals surface area contributed by atoms with E-state index in [2.05, 4.69) is 0 Å². The summed E-state index contributed by atoms with van der Waals surface area (Å²) in [6.45, 7) is 2.97. The molecule has 0 radical (unpaired) electrons. The number of nitrogens with two attached hydrogens (primary N) is 1. The molecule has 1 rings (SSSR count). The summed E-state index contributed by atoms with van der Waals surface area (Å²) in [6.07, 6.45) is -5.08. The monoisotopic (exact) mass is 260 g/mol. The third kappa shape index (κ3) is 7.91. The number of aliphatic carboxylic acids is 1. The number of carboxylic acid groups (broad SMARTS) is 1. The standard InChI is InChI=1S/C6H14N2O2.C2HF3O2/c1-9-2-3-10-8-4-6(7)5-8;3-2(4,5)1(6)7/h6H,2-5,7H2,1H3;(H,6,7). The number of alkyl halides is 3. The summed E-state index contributed by atoms with van der Waals surface area (Å²) in [6, 6.07) is 0.308. The molecule has 0 spiro atoms. The van der Waals surface area contributed by atoms with Crippen LogP contribution < -0.4 is 5.73 Å². The Bertz CT molecular complexity index is 231. The lowest BCUT2D eigenvalue weighted by molar-refractivity contribution is -0.209. The molecule has 6 nitrogen and oxygen atoms in total. The van der Waals surface area contributed by atoms with E-state index in [1.54, 1.807) is 7.11 Å². The Hall–Kier alpha value is -0.900. The number of hydrogen-bond donors (Lipinski definition) is 2. The summed E-state index contributed by atoms with van der Waals surface area (Å²) >= 11 is 0. The van der Waals surface area contributed by atoms with Gasteiger partial charge in [-0.05, 0) is 0 Å². The maximum Gasteiger partial charge on any atom is 0.490 e. The van der Waals surface area contributed by atoms with E-state index in [-0.39, 0.29) is 0 Å². The van der Waals surface area contributed by atoms with Gasteiger partial charge >= 0.3 is 12.1 Å². The number of ether oxygens (including phenoxy) is 1. The van der Waals surface area contributed by atoms with Gasteiger partial charge in [0.05, 0.1) is 13.2 Å². The lowest BCUT2D eigenvalue weighted by Crippen LogP contribution is -2.55. The van der Waals surface area contributed by atoms with Gasteiger partial charge in [0.25, 0.3) is 0 Å². The van der Waals surface area contributed by atoms with Crippen molar-refractivity contribution in [1.82, 2.24) is 5.06 Å². The van der Waals surface area contributed by atoms with E-state index in [9.17, 15) is 13.2 Å². The Kier molecular flexibility index (Phi) is 7.04. The highest BCUT2D eigenvalue weighted by Crippen LogP contribution is 2.13. The average Bonchev–Trinajstić information content (AvgIpc) is 2.15. The van der Waals surface area contributed by atoms with Crippen LogP contribution in [0.1, 0.15) is 0 Å². The number of methoxy groups -OCH3 is 1. The van der Waals surface area contributed by atoms with Crippen LogP contribution in [0.25, 0.3) is 0 Å². The van der Waals surface area contributed by atoms with Crippen molar-refractivity contribution in [3.8, 4) is 0 Å². The third-order valence-corrected chi connectivity index (χ3v) is 1.68. The van der Waals surface area contributed by atoms with Crippen LogP contribution in [0.15, 0.2) is 0 Å². The fraction of sp³-hybridized carbons (Fsp3) is 0.875. The number of carbonyl (C=O) groups is 1. The third-order valence-electron chi connectivity index (χ3n) is 1.68. The molecule has 0 bridgehead atoms. The number of rotatable bonds is 4. The smallest absolute Gasteiger partial charge is 0.475 e. The Morgan fingerprint density at radius 3 is 2.24 bits per heavy atom. The van der Waals surface area contributed by atoms with Crippen molar-refractivity contribution in [2.24, 2.45) is 5.73 Å². The summed E-state index contributed by atoms with van der Waals surface area (Å²) in [4.78, 5) is 14.1. The van der Waals surface area contributed by atoms with Gasteiger partial charge < -0.3 is 15.6 Å². The molecule has 0 aromatic carbocycles. The molecular weight excluding hydrogens is 245 g/mol. The molecule has 0 atom stereocenters. The van der Waals surface area contributed by atoms with Crippen LogP contribution in [0.3, 0.4) is 0 Å². The van der Waals surface area contributed by atoms with E-state index >= 15 is 0 Å². The Balaban J connectivity index is 0.000000325. The number of nitrogens with zero attached hydrogens (tertiary/aromatic N) is 1. The van der Waals surface area contributed by atoms with E-state index < -0.39 is 12.1 Å². The van der Waals surface area contributed by atoms with Crippen LogP contribution >= 0.6 is 0 Å². The van der Waals surface area contributed by atoms with Gasteiger partial charge in [-0.2, -0.15) is 18.2 Å². The highest BCUT2D eigenvalue weighted by atomic mass is 19.4. The second-order valence-corrected chi connectivity index (χ2v) is 3.24. The summed E-state index contributed by atoms with van der Waals surface area (Å²) in [5.41, 5.74) is 5.52. The van der Waals surface area contributed by atoms with Crippen molar-refractivity contribution in [2.45, 2.75) is 12.2 Å². The largest absolute Gasteiger partial charge is 0.490 e. The SMILES string of the molecule is COCCON1CC(N)C1.O=C(O)C(F)(F)F. The maximum atomic E-state index is 10.6. The number of hydrogen-bond acceptors (Lipinski definition) is 5. The second-order valence-electron chi connectivity index (χ2n) is 3.24. The van der Waals surface area contributed by atoms with Crippen LogP contribution in [0, 0.1) is 0 Å². The van der Waals surface area contributed by atoms with Gasteiger partial charge in [-0.15, -0.1) is 0 Å². The molecule has 1 aliphatic rings. The van der Waals surface area contributed by atoms with Crippen LogP contribution in [-0.4, -0.2) is 61.8 Å². The van der Waals surface area contributed by atoms with Crippen LogP contribution in [-0.2, 0) is 14.4 Å². The summed E-state index contributed by atoms with van der Waals surface area (Å²) in [7, 11) is 1.66. The van der Waals surface area contributed by atoms with Gasteiger partial charge in [0.2, 0.25) is 0 Å². The molecule has 1 heterocycles. The van der Waals surface area contributed by atoms with Gasteiger partial charge in [0, 0.05) is 26.2 Å². The van der Waals surface area contributed by atoms with Crippen molar-refractivity contribution in [3.63, 3.8) is 0 Å². The second kappa shape index (κ2) is 7.43. The number of carboxylic acids is 1. The highest BCUT2D eigenvalue weighted by molar-refractivity contribution is 5.73. The molecule has 0 aromatic rings. The van der Waals surface area contributed by atoms with Crippen molar-refractivity contribution < 1.29 is 32.6 Å². The van der Waals surface area contributed by atoms with E-state index in [0.29, 0.717) is 19.3 Å². The molecule has 1 aliphatic heterocycles. The zero-order valence-electron chi connectivity index (χ0n) is 9.24. The molecule has 1 saturated heterocycles. The summed E-state index contributed by atoms with van der Waals surface area (Å²) in [5, 5.41) is 8.98. The van der Waals surface area contributed by atoms with Gasteiger partial charge in [-0.3, -0.25) is 4.84 Å². The predicted molar refractivity (Wildman–Crippen MR) is 51.1 cm³/mol. The fourth-order valence-electron chi connectivity index (χ4n) is 0.825. The van der Waals surface area contributed by atoms with Crippen LogP contribution in [0.5, 0.6) is 0 Å². The summed E-state index contributed by atoms with van der Waals surface area (Å²) < 4.78 is 36.5. The number of halogens is 3. The molecular formula is C8H15F3N2O4. The van der Waals surface area contributed by atoms with Crippen molar-refractivity contribution >= 4 is 5.97 Å². The molecule has 0 aliphatic carbocycles. The first-order valence-electron chi connectivity index (χ1n) is 4.70. The van der Waals surface area contributed by atoms with E-state index in [1.165, 1.54) is 0 Å². The first-order chi connectivity index (χ1) is 7.77. The molecule has 3 N–H and O–H groups in total. The van der Waals surface area contributed by atoms with Crippen molar-refractivity contribution in [1.29, 1.82) is 0 Å². The predicted octanol–water partition coefficient (Wildman–Crippen LogP) is -0.159. The molecule has 102 valence electrons. The zero-order chi connectivity index (χ0) is 13.5. The van der Waals surface area contributed by atoms with E-state index in [1.807, 2.05) is 5.06 Å². The fourth-order valence-corrected chi connectivity index (χ4v) is 0.825. The maximum absolute atomic E-state index is 10.6. The lowest BCUT2D eigenvalue weighted by Gasteiger charge is -2.35. The first kappa shape index (κ1) is 16.1. The minimum atomic E-state index is -5.08. The molecule has 0 amide bonds. The minimum absolute atomic E-state index is 0.308. The molecule has 9 heteroatoms. The topological polar surface area (TPSA) is 85.0 Å². The Morgan fingerprint density at radius 2 is 1.94 bits per heavy atom. The lowest BCUT2D eigenvalue weighted by atomic mass is 10.2. The molecule has 17 heavy (non-hydrogen) atoms. The number of hydroxylamine groups is 2. The minimum Gasteiger partial charge on any atom is -0.475 e. The van der Waals surface area contributed by atoms with Crippen molar-refractivity contribution in [3.05, 3.63) is 0 Å². The normalized spacial score (nSPS) is 17.0. The van der Waals surface area contributed by atoms with Gasteiger partial charge in [-0.1, -0.05) is 0 Å². The first-order valence-corrected chi connectivity index (χ1v) is 4.70. The van der Waals surface area contributed by atoms with Gasteiger partial charge in [0.1, 0.15) is 0 Å². The quantitative estimate of drug-likeness (QED) is 0.683. The summed E-state index contributed by atoms with van der Waals surface area (Å²) in [5.74, 6) is -2.76. The molecule has 0 aromatic heterocycles. The van der Waals surface area contributed by atoms with Gasteiger partial charge in [0.15, 0.2) is 0 Å². The van der Waals surface area contributed by atoms with Crippen LogP contribution in [0.2, 0.25) is 0 Å². The van der Waals surface area contributed by atoms with Crippen LogP contribution in [0.4, 0.5) is 13.2 Å². The van der Waals surface area contributed by atoms with E-state index in [0.717, 1.165) is 13.1 Å². The Morgan fingerprint density at radius 1 is 1.47 bits per heavy atom. The zero-order valence-corrected chi connectivity index (χ0v) is 9.24.